The van der Waals surface area contributed by atoms with Crippen molar-refractivity contribution in [3.05, 3.63) is 28.5 Å². The van der Waals surface area contributed by atoms with Crippen LogP contribution >= 0.6 is 11.3 Å². The third-order valence-electron chi connectivity index (χ3n) is 1.43. The molecule has 58 valence electrons. The second-order valence-electron chi connectivity index (χ2n) is 2.50. The zero-order valence-corrected chi connectivity index (χ0v) is 7.49. The summed E-state index contributed by atoms with van der Waals surface area (Å²) in [7, 11) is 0. The molecule has 0 N–H and O–H groups in total. The van der Waals surface area contributed by atoms with E-state index < -0.39 is 0 Å². The van der Waals surface area contributed by atoms with Crippen LogP contribution in [0.25, 0.3) is 5.57 Å². The summed E-state index contributed by atoms with van der Waals surface area (Å²) < 4.78 is 0. The van der Waals surface area contributed by atoms with Crippen LogP contribution in [-0.4, -0.2) is 5.78 Å². The fraction of sp³-hybridized carbons (Fsp3) is 0.222. The van der Waals surface area contributed by atoms with E-state index in [1.54, 1.807) is 18.3 Å². The number of allylic oxidation sites excluding steroid dienone is 1. The standard InChI is InChI=1S/C9H10OS/c1-6(2)9-8(7(3)10)4-5-11-9/h4-5H,1H2,2-3H3. The van der Waals surface area contributed by atoms with Gasteiger partial charge in [0.25, 0.3) is 0 Å². The molecule has 1 aromatic heterocycles. The molecule has 0 aliphatic carbocycles. The first kappa shape index (κ1) is 8.21. The van der Waals surface area contributed by atoms with Gasteiger partial charge in [-0.15, -0.1) is 11.3 Å². The van der Waals surface area contributed by atoms with Gasteiger partial charge in [-0.1, -0.05) is 6.58 Å². The van der Waals surface area contributed by atoms with Gasteiger partial charge < -0.3 is 0 Å². The number of thiophene rings is 1. The predicted octanol–water partition coefficient (Wildman–Crippen LogP) is 2.98. The molecule has 1 nitrogen and oxygen atoms in total. The number of Topliss-reactive ketones (excluding diaryl/α,β-unsaturated/α-hetero) is 1. The molecule has 0 aliphatic rings. The lowest BCUT2D eigenvalue weighted by Gasteiger charge is -1.96. The van der Waals surface area contributed by atoms with Crippen molar-refractivity contribution in [2.45, 2.75) is 13.8 Å². The largest absolute Gasteiger partial charge is 0.294 e. The smallest absolute Gasteiger partial charge is 0.161 e. The van der Waals surface area contributed by atoms with E-state index in [-0.39, 0.29) is 5.78 Å². The van der Waals surface area contributed by atoms with Gasteiger partial charge in [0.2, 0.25) is 0 Å². The van der Waals surface area contributed by atoms with Crippen molar-refractivity contribution in [1.82, 2.24) is 0 Å². The van der Waals surface area contributed by atoms with Gasteiger partial charge >= 0.3 is 0 Å². The van der Waals surface area contributed by atoms with Gasteiger partial charge in [0.15, 0.2) is 5.78 Å². The molecule has 1 aromatic rings. The Morgan fingerprint density at radius 1 is 1.55 bits per heavy atom. The molecule has 0 saturated heterocycles. The number of ketones is 1. The number of hydrogen-bond acceptors (Lipinski definition) is 2. The summed E-state index contributed by atoms with van der Waals surface area (Å²) in [6.45, 7) is 7.29. The van der Waals surface area contributed by atoms with Gasteiger partial charge in [0.05, 0.1) is 0 Å². The Morgan fingerprint density at radius 3 is 2.55 bits per heavy atom. The Bertz CT molecular complexity index is 268. The minimum absolute atomic E-state index is 0.115. The van der Waals surface area contributed by atoms with E-state index in [1.807, 2.05) is 18.4 Å². The van der Waals surface area contributed by atoms with Crippen molar-refractivity contribution < 1.29 is 4.79 Å². The van der Waals surface area contributed by atoms with Crippen molar-refractivity contribution in [2.75, 3.05) is 0 Å². The Balaban J connectivity index is 3.16. The Hall–Kier alpha value is -0.890. The lowest BCUT2D eigenvalue weighted by Crippen LogP contribution is -1.91. The zero-order chi connectivity index (χ0) is 8.43. The summed E-state index contributed by atoms with van der Waals surface area (Å²) in [4.78, 5) is 12.0. The summed E-state index contributed by atoms with van der Waals surface area (Å²) in [5.74, 6) is 0.115. The zero-order valence-electron chi connectivity index (χ0n) is 6.68. The van der Waals surface area contributed by atoms with E-state index in [4.69, 9.17) is 0 Å². The lowest BCUT2D eigenvalue weighted by molar-refractivity contribution is 0.101. The molecule has 11 heavy (non-hydrogen) atoms. The molecule has 0 atom stereocenters. The Morgan fingerprint density at radius 2 is 2.18 bits per heavy atom. The Labute approximate surface area is 70.4 Å². The van der Waals surface area contributed by atoms with E-state index in [0.717, 1.165) is 16.0 Å². The number of carbonyl (C=O) groups excluding carboxylic acids is 1. The van der Waals surface area contributed by atoms with Crippen molar-refractivity contribution in [1.29, 1.82) is 0 Å². The highest BCUT2D eigenvalue weighted by molar-refractivity contribution is 7.11. The molecule has 0 bridgehead atoms. The highest BCUT2D eigenvalue weighted by Gasteiger charge is 2.07. The number of carbonyl (C=O) groups is 1. The van der Waals surface area contributed by atoms with Gasteiger partial charge in [0, 0.05) is 10.4 Å². The van der Waals surface area contributed by atoms with Crippen molar-refractivity contribution >= 4 is 22.7 Å². The molecule has 0 spiro atoms. The van der Waals surface area contributed by atoms with Crippen LogP contribution in [0.15, 0.2) is 18.0 Å². The quantitative estimate of drug-likeness (QED) is 0.617. The SMILES string of the molecule is C=C(C)c1sccc1C(C)=O. The Kier molecular flexibility index (Phi) is 2.25. The summed E-state index contributed by atoms with van der Waals surface area (Å²) in [6.07, 6.45) is 0. The first-order valence-electron chi connectivity index (χ1n) is 3.37. The van der Waals surface area contributed by atoms with Crippen LogP contribution in [0.5, 0.6) is 0 Å². The van der Waals surface area contributed by atoms with Gasteiger partial charge in [-0.25, -0.2) is 0 Å². The summed E-state index contributed by atoms with van der Waals surface area (Å²) in [6, 6.07) is 1.84. The second kappa shape index (κ2) is 3.01. The third kappa shape index (κ3) is 1.57. The first-order valence-corrected chi connectivity index (χ1v) is 4.25. The van der Waals surface area contributed by atoms with Crippen LogP contribution in [0.3, 0.4) is 0 Å². The molecular weight excluding hydrogens is 156 g/mol. The highest BCUT2D eigenvalue weighted by atomic mass is 32.1. The topological polar surface area (TPSA) is 17.1 Å². The van der Waals surface area contributed by atoms with E-state index >= 15 is 0 Å². The number of rotatable bonds is 2. The van der Waals surface area contributed by atoms with Gasteiger partial charge in [-0.3, -0.25) is 4.79 Å². The number of hydrogen-bond donors (Lipinski definition) is 0. The average Bonchev–Trinajstić information content (AvgIpc) is 2.32. The van der Waals surface area contributed by atoms with Crippen LogP contribution in [0, 0.1) is 0 Å². The fourth-order valence-electron chi connectivity index (χ4n) is 0.917. The molecule has 0 unspecified atom stereocenters. The van der Waals surface area contributed by atoms with Crippen LogP contribution in [-0.2, 0) is 0 Å². The molecule has 0 aromatic carbocycles. The van der Waals surface area contributed by atoms with Gasteiger partial charge in [-0.05, 0) is 30.9 Å². The van der Waals surface area contributed by atoms with E-state index in [9.17, 15) is 4.79 Å². The average molecular weight is 166 g/mol. The molecular formula is C9H10OS. The van der Waals surface area contributed by atoms with E-state index in [0.29, 0.717) is 0 Å². The first-order chi connectivity index (χ1) is 5.13. The van der Waals surface area contributed by atoms with Crippen LogP contribution in [0.2, 0.25) is 0 Å². The lowest BCUT2D eigenvalue weighted by atomic mass is 10.1. The predicted molar refractivity (Wildman–Crippen MR) is 49.0 cm³/mol. The summed E-state index contributed by atoms with van der Waals surface area (Å²) >= 11 is 1.57. The van der Waals surface area contributed by atoms with Crippen molar-refractivity contribution in [3.63, 3.8) is 0 Å². The molecule has 2 heteroatoms. The minimum atomic E-state index is 0.115. The van der Waals surface area contributed by atoms with Crippen molar-refractivity contribution in [2.24, 2.45) is 0 Å². The second-order valence-corrected chi connectivity index (χ2v) is 3.42. The fourth-order valence-corrected chi connectivity index (χ4v) is 1.80. The van der Waals surface area contributed by atoms with Gasteiger partial charge in [0.1, 0.15) is 0 Å². The van der Waals surface area contributed by atoms with E-state index in [2.05, 4.69) is 6.58 Å². The molecule has 0 saturated carbocycles. The molecule has 0 aliphatic heterocycles. The third-order valence-corrected chi connectivity index (χ3v) is 2.51. The van der Waals surface area contributed by atoms with E-state index in [1.165, 1.54) is 0 Å². The molecule has 1 heterocycles. The molecule has 0 radical (unpaired) electrons. The van der Waals surface area contributed by atoms with Crippen LogP contribution in [0.1, 0.15) is 29.1 Å². The molecule has 0 fully saturated rings. The van der Waals surface area contributed by atoms with Crippen LogP contribution < -0.4 is 0 Å². The maximum absolute atomic E-state index is 11.0. The molecule has 1 rings (SSSR count). The monoisotopic (exact) mass is 166 g/mol. The maximum Gasteiger partial charge on any atom is 0.161 e. The van der Waals surface area contributed by atoms with Crippen LogP contribution in [0.4, 0.5) is 0 Å². The minimum Gasteiger partial charge on any atom is -0.294 e. The summed E-state index contributed by atoms with van der Waals surface area (Å²) in [5, 5.41) is 1.92. The highest BCUT2D eigenvalue weighted by Crippen LogP contribution is 2.23. The normalized spacial score (nSPS) is 9.64. The maximum atomic E-state index is 11.0. The van der Waals surface area contributed by atoms with Gasteiger partial charge in [-0.2, -0.15) is 0 Å². The van der Waals surface area contributed by atoms with Crippen molar-refractivity contribution in [3.8, 4) is 0 Å². The molecule has 0 amide bonds. The summed E-state index contributed by atoms with van der Waals surface area (Å²) in [5.41, 5.74) is 1.76.